The van der Waals surface area contributed by atoms with Crippen LogP contribution in [0, 0.1) is 23.7 Å². The number of hydrogen-bond donors (Lipinski definition) is 0. The summed E-state index contributed by atoms with van der Waals surface area (Å²) in [5.41, 5.74) is 1.11. The van der Waals surface area contributed by atoms with E-state index in [0.717, 1.165) is 11.1 Å². The van der Waals surface area contributed by atoms with Crippen molar-refractivity contribution in [3.8, 4) is 0 Å². The Bertz CT molecular complexity index is 776. The largest absolute Gasteiger partial charge is 0.490 e. The summed E-state index contributed by atoms with van der Waals surface area (Å²) < 4.78 is 16.9. The Kier molecular flexibility index (Phi) is 5.93. The van der Waals surface area contributed by atoms with Gasteiger partial charge in [-0.15, -0.1) is 0 Å². The van der Waals surface area contributed by atoms with E-state index >= 15 is 0 Å². The van der Waals surface area contributed by atoms with Crippen molar-refractivity contribution in [2.75, 3.05) is 7.11 Å². The van der Waals surface area contributed by atoms with Gasteiger partial charge in [0.25, 0.3) is 0 Å². The number of hydrogen-bond acceptors (Lipinski definition) is 6. The molecule has 1 fully saturated rings. The number of methoxy groups -OCH3 is 1. The van der Waals surface area contributed by atoms with E-state index in [1.54, 1.807) is 0 Å². The van der Waals surface area contributed by atoms with Gasteiger partial charge in [-0.3, -0.25) is 9.59 Å². The minimum atomic E-state index is -0.722. The minimum absolute atomic E-state index is 0.0509. The molecule has 0 radical (unpaired) electrons. The van der Waals surface area contributed by atoms with Crippen LogP contribution < -0.4 is 0 Å². The monoisotopic (exact) mass is 404 g/mol. The number of carbonyl (C=O) groups excluding carboxylic acids is 3. The molecule has 1 saturated heterocycles. The van der Waals surface area contributed by atoms with E-state index < -0.39 is 23.6 Å². The van der Waals surface area contributed by atoms with Crippen LogP contribution in [-0.4, -0.2) is 36.5 Å². The van der Waals surface area contributed by atoms with Crippen LogP contribution in [-0.2, 0) is 28.6 Å². The normalized spacial score (nSPS) is 36.0. The Morgan fingerprint density at radius 3 is 2.55 bits per heavy atom. The average molecular weight is 405 g/mol. The molecule has 5 atom stereocenters. The fourth-order valence-electron chi connectivity index (χ4n) is 5.05. The second-order valence-corrected chi connectivity index (χ2v) is 9.15. The van der Waals surface area contributed by atoms with E-state index in [9.17, 15) is 14.4 Å². The predicted octanol–water partition coefficient (Wildman–Crippen LogP) is 3.74. The number of esters is 2. The molecule has 6 heteroatoms. The molecule has 0 saturated carbocycles. The molecule has 0 spiro atoms. The standard InChI is InChI=1S/C23H32O6/c1-12(2)18-16-8-7-14(4)20-15(11-17(24)28-20)19(25)13(3)9-10-23(16,5)29-22(26)21(18)27-6/h7,12-13,15-16,20H,8-11H2,1-6H3/t13-,15-,16+,20-,23-/m1/s1. The molecule has 0 N–H and O–H groups in total. The van der Waals surface area contributed by atoms with Crippen LogP contribution in [0.25, 0.3) is 0 Å². The molecular formula is C23H32O6. The van der Waals surface area contributed by atoms with Crippen molar-refractivity contribution in [3.63, 3.8) is 0 Å². The third-order valence-corrected chi connectivity index (χ3v) is 6.77. The second-order valence-electron chi connectivity index (χ2n) is 9.15. The maximum absolute atomic E-state index is 13.1. The van der Waals surface area contributed by atoms with Gasteiger partial charge in [-0.1, -0.05) is 26.8 Å². The lowest BCUT2D eigenvalue weighted by molar-refractivity contribution is -0.167. The van der Waals surface area contributed by atoms with Crippen LogP contribution in [0.15, 0.2) is 23.0 Å². The zero-order valence-corrected chi connectivity index (χ0v) is 18.2. The van der Waals surface area contributed by atoms with Gasteiger partial charge in [0.1, 0.15) is 17.5 Å². The third kappa shape index (κ3) is 3.86. The number of Topliss-reactive ketones (excluding diaryl/α,β-unsaturated/α-hetero) is 1. The van der Waals surface area contributed by atoms with Crippen molar-refractivity contribution < 1.29 is 28.6 Å². The summed E-state index contributed by atoms with van der Waals surface area (Å²) in [7, 11) is 1.50. The van der Waals surface area contributed by atoms with Gasteiger partial charge in [-0.25, -0.2) is 4.79 Å². The summed E-state index contributed by atoms with van der Waals surface area (Å²) in [6, 6.07) is 0. The number of carbonyl (C=O) groups is 3. The molecule has 0 aromatic carbocycles. The van der Waals surface area contributed by atoms with Gasteiger partial charge in [0.05, 0.1) is 19.4 Å². The zero-order chi connectivity index (χ0) is 21.5. The summed E-state index contributed by atoms with van der Waals surface area (Å²) in [5.74, 6) is -1.04. The highest BCUT2D eigenvalue weighted by atomic mass is 16.6. The molecule has 3 aliphatic rings. The summed E-state index contributed by atoms with van der Waals surface area (Å²) in [6.07, 6.45) is 3.46. The maximum atomic E-state index is 13.1. The fourth-order valence-corrected chi connectivity index (χ4v) is 5.05. The first kappa shape index (κ1) is 21.6. The third-order valence-electron chi connectivity index (χ3n) is 6.77. The van der Waals surface area contributed by atoms with Crippen molar-refractivity contribution in [2.45, 2.75) is 72.0 Å². The van der Waals surface area contributed by atoms with Crippen LogP contribution >= 0.6 is 0 Å². The van der Waals surface area contributed by atoms with Gasteiger partial charge in [0, 0.05) is 11.8 Å². The molecule has 160 valence electrons. The molecule has 3 rings (SSSR count). The van der Waals surface area contributed by atoms with Gasteiger partial charge >= 0.3 is 11.9 Å². The first-order valence-electron chi connectivity index (χ1n) is 10.5. The van der Waals surface area contributed by atoms with E-state index in [1.165, 1.54) is 7.11 Å². The van der Waals surface area contributed by atoms with E-state index in [2.05, 4.69) is 13.8 Å². The number of fused-ring (bicyclic) bond motifs is 2. The lowest BCUT2D eigenvalue weighted by Gasteiger charge is -2.43. The first-order valence-corrected chi connectivity index (χ1v) is 10.5. The van der Waals surface area contributed by atoms with Crippen molar-refractivity contribution in [2.24, 2.45) is 23.7 Å². The number of rotatable bonds is 2. The Hall–Kier alpha value is -2.11. The van der Waals surface area contributed by atoms with Crippen molar-refractivity contribution in [3.05, 3.63) is 23.0 Å². The smallest absolute Gasteiger partial charge is 0.374 e. The van der Waals surface area contributed by atoms with Crippen LogP contribution in [0.3, 0.4) is 0 Å². The quantitative estimate of drug-likeness (QED) is 0.515. The highest BCUT2D eigenvalue weighted by Crippen LogP contribution is 2.46. The topological polar surface area (TPSA) is 78.9 Å². The Morgan fingerprint density at radius 2 is 1.93 bits per heavy atom. The number of ether oxygens (including phenoxy) is 3. The average Bonchev–Trinajstić information content (AvgIpc) is 3.04. The van der Waals surface area contributed by atoms with Gasteiger partial charge in [-0.05, 0) is 50.2 Å². The summed E-state index contributed by atoms with van der Waals surface area (Å²) in [5, 5.41) is 0. The van der Waals surface area contributed by atoms with Gasteiger partial charge in [-0.2, -0.15) is 0 Å². The molecule has 0 bridgehead atoms. The number of allylic oxidation sites excluding steroid dienone is 1. The van der Waals surface area contributed by atoms with Crippen LogP contribution in [0.1, 0.15) is 60.3 Å². The summed E-state index contributed by atoms with van der Waals surface area (Å²) in [4.78, 5) is 37.7. The molecule has 29 heavy (non-hydrogen) atoms. The van der Waals surface area contributed by atoms with Crippen molar-refractivity contribution in [1.29, 1.82) is 0 Å². The predicted molar refractivity (Wildman–Crippen MR) is 107 cm³/mol. The van der Waals surface area contributed by atoms with E-state index in [4.69, 9.17) is 14.2 Å². The molecule has 0 aromatic rings. The maximum Gasteiger partial charge on any atom is 0.374 e. The minimum Gasteiger partial charge on any atom is -0.490 e. The highest BCUT2D eigenvalue weighted by Gasteiger charge is 2.49. The SMILES string of the molecule is COC1=C(C(C)C)[C@@H]2CC=C(C)[C@H]3OC(=O)C[C@@H]3C(=O)[C@H](C)CC[C@@]2(C)OC1=O. The fraction of sp³-hybridized carbons (Fsp3) is 0.696. The lowest BCUT2D eigenvalue weighted by Crippen LogP contribution is -2.47. The molecule has 2 aliphatic heterocycles. The zero-order valence-electron chi connectivity index (χ0n) is 18.2. The Labute approximate surface area is 172 Å². The second kappa shape index (κ2) is 7.96. The highest BCUT2D eigenvalue weighted by molar-refractivity contribution is 5.90. The first-order chi connectivity index (χ1) is 13.6. The molecule has 1 aliphatic carbocycles. The summed E-state index contributed by atoms with van der Waals surface area (Å²) >= 11 is 0. The molecule has 6 nitrogen and oxygen atoms in total. The lowest BCUT2D eigenvalue weighted by atomic mass is 9.71. The van der Waals surface area contributed by atoms with E-state index in [-0.39, 0.29) is 41.7 Å². The van der Waals surface area contributed by atoms with Crippen molar-refractivity contribution >= 4 is 17.7 Å². The van der Waals surface area contributed by atoms with Crippen LogP contribution in [0.5, 0.6) is 0 Å². The molecule has 2 heterocycles. The van der Waals surface area contributed by atoms with E-state index in [1.807, 2.05) is 26.8 Å². The number of ketones is 1. The molecule has 0 unspecified atom stereocenters. The van der Waals surface area contributed by atoms with Gasteiger partial charge < -0.3 is 14.2 Å². The van der Waals surface area contributed by atoms with Crippen LogP contribution in [0.4, 0.5) is 0 Å². The molecule has 0 amide bonds. The van der Waals surface area contributed by atoms with Crippen LogP contribution in [0.2, 0.25) is 0 Å². The Morgan fingerprint density at radius 1 is 1.24 bits per heavy atom. The molecule has 0 aromatic heterocycles. The van der Waals surface area contributed by atoms with Crippen molar-refractivity contribution in [1.82, 2.24) is 0 Å². The van der Waals surface area contributed by atoms with E-state index in [0.29, 0.717) is 19.3 Å². The summed E-state index contributed by atoms with van der Waals surface area (Å²) in [6.45, 7) is 9.87. The van der Waals surface area contributed by atoms with Gasteiger partial charge in [0.2, 0.25) is 5.76 Å². The van der Waals surface area contributed by atoms with Gasteiger partial charge in [0.15, 0.2) is 0 Å². The molecular weight excluding hydrogens is 372 g/mol. The Balaban J connectivity index is 2.08.